The number of hydrogen-bond donors (Lipinski definition) is 1. The molecule has 0 aliphatic carbocycles. The monoisotopic (exact) mass is 287 g/mol. The Hall–Kier alpha value is -2.40. The van der Waals surface area contributed by atoms with Crippen molar-refractivity contribution in [1.82, 2.24) is 0 Å². The van der Waals surface area contributed by atoms with E-state index in [2.05, 4.69) is 0 Å². The van der Waals surface area contributed by atoms with Crippen molar-refractivity contribution in [1.29, 1.82) is 0 Å². The third kappa shape index (κ3) is 3.38. The lowest BCUT2D eigenvalue weighted by molar-refractivity contribution is -0.386. The van der Waals surface area contributed by atoms with Crippen molar-refractivity contribution in [2.75, 3.05) is 0 Å². The second kappa shape index (κ2) is 6.37. The van der Waals surface area contributed by atoms with Gasteiger partial charge in [-0.2, -0.15) is 0 Å². The average molecular weight is 287 g/mol. The highest BCUT2D eigenvalue weighted by atomic mass is 16.6. The Morgan fingerprint density at radius 3 is 2.48 bits per heavy atom. The molecule has 0 saturated heterocycles. The fourth-order valence-corrected chi connectivity index (χ4v) is 2.07. The van der Waals surface area contributed by atoms with E-state index in [4.69, 9.17) is 4.74 Å². The van der Waals surface area contributed by atoms with Gasteiger partial charge in [0.25, 0.3) is 0 Å². The van der Waals surface area contributed by atoms with Gasteiger partial charge in [0.2, 0.25) is 5.75 Å². The Balaban J connectivity index is 2.27. The standard InChI is InChI=1S/C16H17NO4/c1-3-14(18)12-7-9-13(10-8-12)21-15-6-4-5-11(2)16(15)17(19)20/h4-10,14,18H,3H2,1-2H3. The molecule has 1 N–H and O–H groups in total. The van der Waals surface area contributed by atoms with Crippen LogP contribution in [0.1, 0.15) is 30.6 Å². The predicted molar refractivity (Wildman–Crippen MR) is 79.6 cm³/mol. The van der Waals surface area contributed by atoms with E-state index in [0.717, 1.165) is 5.56 Å². The summed E-state index contributed by atoms with van der Waals surface area (Å²) in [5.74, 6) is 0.708. The van der Waals surface area contributed by atoms with Crippen LogP contribution in [0.5, 0.6) is 11.5 Å². The molecular weight excluding hydrogens is 270 g/mol. The van der Waals surface area contributed by atoms with Crippen molar-refractivity contribution < 1.29 is 14.8 Å². The van der Waals surface area contributed by atoms with E-state index in [-0.39, 0.29) is 11.4 Å². The Kier molecular flexibility index (Phi) is 4.55. The Bertz CT molecular complexity index is 637. The van der Waals surface area contributed by atoms with Crippen molar-refractivity contribution in [2.45, 2.75) is 26.4 Å². The maximum atomic E-state index is 11.1. The molecule has 0 radical (unpaired) electrons. The molecule has 2 aromatic carbocycles. The quantitative estimate of drug-likeness (QED) is 0.662. The van der Waals surface area contributed by atoms with E-state index in [1.54, 1.807) is 49.4 Å². The number of aliphatic hydroxyl groups excluding tert-OH is 1. The van der Waals surface area contributed by atoms with E-state index >= 15 is 0 Å². The first-order chi connectivity index (χ1) is 10.0. The van der Waals surface area contributed by atoms with Gasteiger partial charge in [-0.1, -0.05) is 31.2 Å². The lowest BCUT2D eigenvalue weighted by Crippen LogP contribution is -1.97. The van der Waals surface area contributed by atoms with Crippen LogP contribution in [0.3, 0.4) is 0 Å². The van der Waals surface area contributed by atoms with E-state index < -0.39 is 11.0 Å². The highest BCUT2D eigenvalue weighted by molar-refractivity contribution is 5.53. The van der Waals surface area contributed by atoms with Crippen LogP contribution in [0.15, 0.2) is 42.5 Å². The minimum absolute atomic E-state index is 0.0323. The summed E-state index contributed by atoms with van der Waals surface area (Å²) in [6, 6.07) is 11.9. The van der Waals surface area contributed by atoms with Gasteiger partial charge in [-0.25, -0.2) is 0 Å². The van der Waals surface area contributed by atoms with Gasteiger partial charge in [0.1, 0.15) is 5.75 Å². The first-order valence-corrected chi connectivity index (χ1v) is 6.72. The van der Waals surface area contributed by atoms with Crippen LogP contribution in [0.2, 0.25) is 0 Å². The number of aryl methyl sites for hydroxylation is 1. The van der Waals surface area contributed by atoms with Gasteiger partial charge in [-0.15, -0.1) is 0 Å². The van der Waals surface area contributed by atoms with Crippen LogP contribution < -0.4 is 4.74 Å². The number of nitro groups is 1. The molecule has 0 amide bonds. The van der Waals surface area contributed by atoms with Crippen molar-refractivity contribution in [3.63, 3.8) is 0 Å². The maximum absolute atomic E-state index is 11.1. The Labute approximate surface area is 123 Å². The molecule has 5 nitrogen and oxygen atoms in total. The molecule has 2 aromatic rings. The highest BCUT2D eigenvalue weighted by Crippen LogP contribution is 2.34. The molecule has 5 heteroatoms. The summed E-state index contributed by atoms with van der Waals surface area (Å²) in [5, 5.41) is 20.8. The Morgan fingerprint density at radius 2 is 1.90 bits per heavy atom. The molecule has 1 atom stereocenters. The van der Waals surface area contributed by atoms with Gasteiger partial charge >= 0.3 is 5.69 Å². The van der Waals surface area contributed by atoms with Crippen LogP contribution in [0.4, 0.5) is 5.69 Å². The van der Waals surface area contributed by atoms with Gasteiger partial charge in [0.05, 0.1) is 11.0 Å². The summed E-state index contributed by atoms with van der Waals surface area (Å²) < 4.78 is 5.60. The van der Waals surface area contributed by atoms with E-state index in [1.165, 1.54) is 0 Å². The third-order valence-corrected chi connectivity index (χ3v) is 3.26. The molecule has 0 aliphatic heterocycles. The second-order valence-corrected chi connectivity index (χ2v) is 4.77. The molecule has 110 valence electrons. The number of nitro benzene ring substituents is 1. The number of aliphatic hydroxyl groups is 1. The lowest BCUT2D eigenvalue weighted by atomic mass is 10.1. The first-order valence-electron chi connectivity index (χ1n) is 6.72. The largest absolute Gasteiger partial charge is 0.450 e. The highest BCUT2D eigenvalue weighted by Gasteiger charge is 2.18. The summed E-state index contributed by atoms with van der Waals surface area (Å²) in [6.45, 7) is 3.57. The van der Waals surface area contributed by atoms with Gasteiger partial charge < -0.3 is 9.84 Å². The third-order valence-electron chi connectivity index (χ3n) is 3.26. The van der Waals surface area contributed by atoms with E-state index in [9.17, 15) is 15.2 Å². The molecule has 0 spiro atoms. The zero-order chi connectivity index (χ0) is 15.4. The molecule has 0 fully saturated rings. The van der Waals surface area contributed by atoms with Crippen LogP contribution in [0, 0.1) is 17.0 Å². The molecule has 2 rings (SSSR count). The first kappa shape index (κ1) is 15.0. The van der Waals surface area contributed by atoms with Crippen molar-refractivity contribution in [2.24, 2.45) is 0 Å². The SMILES string of the molecule is CCC(O)c1ccc(Oc2cccc(C)c2[N+](=O)[O-])cc1. The summed E-state index contributed by atoms with van der Waals surface area (Å²) in [6.07, 6.45) is 0.121. The normalized spacial score (nSPS) is 12.0. The Morgan fingerprint density at radius 1 is 1.24 bits per heavy atom. The van der Waals surface area contributed by atoms with Gasteiger partial charge in [-0.3, -0.25) is 10.1 Å². The summed E-state index contributed by atoms with van der Waals surface area (Å²) in [7, 11) is 0. The van der Waals surface area contributed by atoms with Crippen LogP contribution in [-0.2, 0) is 0 Å². The fraction of sp³-hybridized carbons (Fsp3) is 0.250. The van der Waals surface area contributed by atoms with E-state index in [1.807, 2.05) is 6.92 Å². The van der Waals surface area contributed by atoms with Gasteiger partial charge in [0.15, 0.2) is 0 Å². The number of rotatable bonds is 5. The van der Waals surface area contributed by atoms with Crippen molar-refractivity contribution in [3.05, 3.63) is 63.7 Å². The van der Waals surface area contributed by atoms with E-state index in [0.29, 0.717) is 17.7 Å². The molecule has 0 aliphatic rings. The minimum Gasteiger partial charge on any atom is -0.450 e. The van der Waals surface area contributed by atoms with Gasteiger partial charge in [0, 0.05) is 5.56 Å². The topological polar surface area (TPSA) is 72.6 Å². The molecular formula is C16H17NO4. The summed E-state index contributed by atoms with van der Waals surface area (Å²) in [5.41, 5.74) is 1.31. The van der Waals surface area contributed by atoms with Gasteiger partial charge in [-0.05, 0) is 37.1 Å². The lowest BCUT2D eigenvalue weighted by Gasteiger charge is -2.10. The number of hydrogen-bond acceptors (Lipinski definition) is 4. The van der Waals surface area contributed by atoms with Crippen molar-refractivity contribution >= 4 is 5.69 Å². The number of benzene rings is 2. The van der Waals surface area contributed by atoms with Crippen molar-refractivity contribution in [3.8, 4) is 11.5 Å². The molecule has 1 unspecified atom stereocenters. The number of ether oxygens (including phenoxy) is 1. The molecule has 0 aromatic heterocycles. The molecule has 0 saturated carbocycles. The van der Waals surface area contributed by atoms with Crippen LogP contribution in [-0.4, -0.2) is 10.0 Å². The summed E-state index contributed by atoms with van der Waals surface area (Å²) >= 11 is 0. The molecule has 0 bridgehead atoms. The fourth-order valence-electron chi connectivity index (χ4n) is 2.07. The maximum Gasteiger partial charge on any atom is 0.314 e. The average Bonchev–Trinajstić information content (AvgIpc) is 2.47. The predicted octanol–water partition coefficient (Wildman–Crippen LogP) is 4.14. The second-order valence-electron chi connectivity index (χ2n) is 4.77. The molecule has 21 heavy (non-hydrogen) atoms. The van der Waals surface area contributed by atoms with Crippen LogP contribution in [0.25, 0.3) is 0 Å². The smallest absolute Gasteiger partial charge is 0.314 e. The zero-order valence-corrected chi connectivity index (χ0v) is 11.9. The van der Waals surface area contributed by atoms with Crippen LogP contribution >= 0.6 is 0 Å². The molecule has 0 heterocycles. The minimum atomic E-state index is -0.507. The summed E-state index contributed by atoms with van der Waals surface area (Å²) in [4.78, 5) is 10.7. The zero-order valence-electron chi connectivity index (χ0n) is 11.9. The number of nitrogens with zero attached hydrogens (tertiary/aromatic N) is 1. The number of para-hydroxylation sites is 1.